The van der Waals surface area contributed by atoms with E-state index in [1.54, 1.807) is 6.92 Å². The average molecular weight is 265 g/mol. The van der Waals surface area contributed by atoms with Crippen LogP contribution in [0.1, 0.15) is 22.8 Å². The van der Waals surface area contributed by atoms with Gasteiger partial charge < -0.3 is 0 Å². The van der Waals surface area contributed by atoms with Crippen LogP contribution < -0.4 is 16.2 Å². The van der Waals surface area contributed by atoms with Crippen molar-refractivity contribution in [3.8, 4) is 0 Å². The van der Waals surface area contributed by atoms with Gasteiger partial charge in [-0.2, -0.15) is 0 Å². The van der Waals surface area contributed by atoms with E-state index in [9.17, 15) is 18.8 Å². The second-order valence-electron chi connectivity index (χ2n) is 4.33. The summed E-state index contributed by atoms with van der Waals surface area (Å²) < 4.78 is 14.0. The van der Waals surface area contributed by atoms with Gasteiger partial charge in [0.15, 0.2) is 0 Å². The molecule has 1 atom stereocenters. The molecule has 7 heteroatoms. The Kier molecular flexibility index (Phi) is 3.07. The van der Waals surface area contributed by atoms with Gasteiger partial charge >= 0.3 is 0 Å². The number of fused-ring (bicyclic) bond motifs is 1. The molecule has 0 fully saturated rings. The highest BCUT2D eigenvalue weighted by atomic mass is 19.1. The zero-order valence-corrected chi connectivity index (χ0v) is 10.4. The molecule has 1 unspecified atom stereocenters. The van der Waals surface area contributed by atoms with E-state index in [0.717, 1.165) is 4.90 Å². The van der Waals surface area contributed by atoms with E-state index < -0.39 is 29.5 Å². The Balaban J connectivity index is 2.59. The number of hydrazine groups is 1. The van der Waals surface area contributed by atoms with Gasteiger partial charge in [0.05, 0.1) is 11.3 Å². The number of nitrogens with zero attached hydrogens (tertiary/aromatic N) is 1. The van der Waals surface area contributed by atoms with E-state index in [2.05, 4.69) is 0 Å². The van der Waals surface area contributed by atoms with Gasteiger partial charge in [0.2, 0.25) is 0 Å². The number of hydrogen-bond donors (Lipinski definition) is 2. The fraction of sp³-hybridized carbons (Fsp3) is 0.250. The zero-order valence-electron chi connectivity index (χ0n) is 10.4. The van der Waals surface area contributed by atoms with Gasteiger partial charge in [0.25, 0.3) is 17.6 Å². The molecule has 2 amide bonds. The van der Waals surface area contributed by atoms with Crippen molar-refractivity contribution in [2.24, 2.45) is 5.84 Å². The van der Waals surface area contributed by atoms with Crippen LogP contribution in [0, 0.1) is 12.7 Å². The van der Waals surface area contributed by atoms with Gasteiger partial charge in [-0.1, -0.05) is 0 Å². The maximum Gasteiger partial charge on any atom is 0.300 e. The number of Topliss-reactive ketones (excluding diaryl/α,β-unsaturated/α-hetero) is 1. The Morgan fingerprint density at radius 3 is 2.63 bits per heavy atom. The van der Waals surface area contributed by atoms with Gasteiger partial charge in [0.1, 0.15) is 11.9 Å². The summed E-state index contributed by atoms with van der Waals surface area (Å²) >= 11 is 0. The largest absolute Gasteiger partial charge is 0.300 e. The highest BCUT2D eigenvalue weighted by Gasteiger charge is 2.42. The lowest BCUT2D eigenvalue weighted by atomic mass is 10.1. The second-order valence-corrected chi connectivity index (χ2v) is 4.33. The van der Waals surface area contributed by atoms with Crippen LogP contribution in [-0.2, 0) is 9.59 Å². The van der Waals surface area contributed by atoms with Crippen molar-refractivity contribution in [2.75, 3.05) is 4.90 Å². The molecule has 0 aliphatic carbocycles. The van der Waals surface area contributed by atoms with Gasteiger partial charge in [-0.25, -0.2) is 10.2 Å². The lowest BCUT2D eigenvalue weighted by molar-refractivity contribution is -0.124. The monoisotopic (exact) mass is 265 g/mol. The quantitative estimate of drug-likeness (QED) is 0.342. The summed E-state index contributed by atoms with van der Waals surface area (Å²) in [5, 5.41) is 0. The van der Waals surface area contributed by atoms with Gasteiger partial charge in [-0.05, 0) is 31.5 Å². The molecule has 2 rings (SSSR count). The maximum atomic E-state index is 14.0. The predicted molar refractivity (Wildman–Crippen MR) is 64.7 cm³/mol. The lowest BCUT2D eigenvalue weighted by Gasteiger charge is -2.23. The van der Waals surface area contributed by atoms with E-state index in [-0.39, 0.29) is 11.3 Å². The van der Waals surface area contributed by atoms with Gasteiger partial charge in [-0.15, -0.1) is 0 Å². The number of rotatable bonds is 2. The van der Waals surface area contributed by atoms with Crippen molar-refractivity contribution in [3.63, 3.8) is 0 Å². The smallest absolute Gasteiger partial charge is 0.292 e. The first-order valence-corrected chi connectivity index (χ1v) is 5.57. The highest BCUT2D eigenvalue weighted by molar-refractivity contribution is 6.52. The first-order chi connectivity index (χ1) is 8.88. The first-order valence-electron chi connectivity index (χ1n) is 5.57. The van der Waals surface area contributed by atoms with Gasteiger partial charge in [-0.3, -0.25) is 24.7 Å². The zero-order chi connectivity index (χ0) is 14.3. The van der Waals surface area contributed by atoms with Crippen LogP contribution in [0.4, 0.5) is 10.1 Å². The molecule has 0 saturated heterocycles. The predicted octanol–water partition coefficient (Wildman–Crippen LogP) is 0.0418. The summed E-state index contributed by atoms with van der Waals surface area (Å²) in [6.07, 6.45) is 0. The van der Waals surface area contributed by atoms with Crippen molar-refractivity contribution in [2.45, 2.75) is 19.9 Å². The number of amides is 2. The van der Waals surface area contributed by atoms with E-state index >= 15 is 0 Å². The van der Waals surface area contributed by atoms with E-state index in [1.165, 1.54) is 19.1 Å². The van der Waals surface area contributed by atoms with Crippen molar-refractivity contribution < 1.29 is 18.8 Å². The third-order valence-corrected chi connectivity index (χ3v) is 3.02. The Hall–Kier alpha value is -2.28. The molecule has 0 bridgehead atoms. The van der Waals surface area contributed by atoms with Crippen molar-refractivity contribution in [3.05, 3.63) is 29.1 Å². The fourth-order valence-electron chi connectivity index (χ4n) is 2.09. The molecule has 1 aliphatic heterocycles. The summed E-state index contributed by atoms with van der Waals surface area (Å²) in [6.45, 7) is 2.97. The summed E-state index contributed by atoms with van der Waals surface area (Å²) in [5.41, 5.74) is 2.20. The van der Waals surface area contributed by atoms with Gasteiger partial charge in [0, 0.05) is 0 Å². The molecule has 19 heavy (non-hydrogen) atoms. The molecule has 0 spiro atoms. The minimum atomic E-state index is -1.07. The van der Waals surface area contributed by atoms with Crippen LogP contribution in [-0.4, -0.2) is 23.6 Å². The molecule has 1 heterocycles. The Bertz CT molecular complexity index is 600. The molecule has 1 aromatic rings. The molecular weight excluding hydrogens is 253 g/mol. The number of carbonyl (C=O) groups excluding carboxylic acids is 3. The Morgan fingerprint density at radius 1 is 1.42 bits per heavy atom. The minimum Gasteiger partial charge on any atom is -0.292 e. The topological polar surface area (TPSA) is 92.5 Å². The number of hydrogen-bond acceptors (Lipinski definition) is 4. The van der Waals surface area contributed by atoms with E-state index in [1.807, 2.05) is 5.43 Å². The fourth-order valence-corrected chi connectivity index (χ4v) is 2.09. The molecule has 1 aliphatic rings. The Morgan fingerprint density at radius 2 is 2.05 bits per heavy atom. The van der Waals surface area contributed by atoms with Crippen LogP contribution in [0.2, 0.25) is 0 Å². The summed E-state index contributed by atoms with van der Waals surface area (Å²) in [7, 11) is 0. The lowest BCUT2D eigenvalue weighted by Crippen LogP contribution is -2.49. The van der Waals surface area contributed by atoms with Crippen molar-refractivity contribution >= 4 is 23.3 Å². The highest BCUT2D eigenvalue weighted by Crippen LogP contribution is 2.34. The van der Waals surface area contributed by atoms with Crippen LogP contribution in [0.15, 0.2) is 12.1 Å². The number of nitrogens with one attached hydrogen (secondary N) is 1. The summed E-state index contributed by atoms with van der Waals surface area (Å²) in [6, 6.07) is 1.55. The number of carbonyl (C=O) groups is 3. The van der Waals surface area contributed by atoms with Crippen molar-refractivity contribution in [1.29, 1.82) is 0 Å². The van der Waals surface area contributed by atoms with Crippen molar-refractivity contribution in [1.82, 2.24) is 5.43 Å². The second kappa shape index (κ2) is 4.43. The maximum absolute atomic E-state index is 14.0. The van der Waals surface area contributed by atoms with Crippen LogP contribution in [0.5, 0.6) is 0 Å². The number of halogens is 1. The SMILES string of the molecule is Cc1cc(F)c2c(c1)C(=O)C(=O)N2C(C)C(=O)NN. The minimum absolute atomic E-state index is 0.0285. The van der Waals surface area contributed by atoms with Crippen LogP contribution >= 0.6 is 0 Å². The molecule has 0 saturated carbocycles. The first kappa shape index (κ1) is 13.2. The summed E-state index contributed by atoms with van der Waals surface area (Å²) in [5.74, 6) is 1.82. The van der Waals surface area contributed by atoms with Crippen LogP contribution in [0.25, 0.3) is 0 Å². The molecule has 0 radical (unpaired) electrons. The molecule has 1 aromatic carbocycles. The molecule has 100 valence electrons. The summed E-state index contributed by atoms with van der Waals surface area (Å²) in [4.78, 5) is 36.0. The van der Waals surface area contributed by atoms with E-state index in [0.29, 0.717) is 5.56 Å². The third-order valence-electron chi connectivity index (χ3n) is 3.02. The van der Waals surface area contributed by atoms with Crippen LogP contribution in [0.3, 0.4) is 0 Å². The average Bonchev–Trinajstić information content (AvgIpc) is 2.61. The molecule has 3 N–H and O–H groups in total. The molecule has 6 nitrogen and oxygen atoms in total. The number of nitrogens with two attached hydrogens (primary N) is 1. The number of ketones is 1. The van der Waals surface area contributed by atoms with E-state index in [4.69, 9.17) is 5.84 Å². The normalized spacial score (nSPS) is 15.5. The third kappa shape index (κ3) is 1.88. The molecule has 0 aromatic heterocycles. The standard InChI is InChI=1S/C12H12FN3O3/c1-5-3-7-9(8(13)4-5)16(12(19)10(7)17)6(2)11(18)15-14/h3-4,6H,14H2,1-2H3,(H,15,18). The number of anilines is 1. The number of benzene rings is 1. The Labute approximate surface area is 108 Å². The molecular formula is C12H12FN3O3. The number of aryl methyl sites for hydroxylation is 1.